The fourth-order valence-corrected chi connectivity index (χ4v) is 2.19. The van der Waals surface area contributed by atoms with Gasteiger partial charge in [0.05, 0.1) is 0 Å². The molecular formula is C10H15OS+. The quantitative estimate of drug-likeness (QED) is 0.655. The van der Waals surface area contributed by atoms with Crippen LogP contribution in [0.2, 0.25) is 0 Å². The Kier molecular flexibility index (Phi) is 3.63. The van der Waals surface area contributed by atoms with Crippen molar-refractivity contribution in [1.82, 2.24) is 0 Å². The van der Waals surface area contributed by atoms with Gasteiger partial charge < -0.3 is 0 Å². The molecule has 1 rings (SSSR count). The third-order valence-corrected chi connectivity index (χ3v) is 3.02. The summed E-state index contributed by atoms with van der Waals surface area (Å²) in [6.07, 6.45) is 2.41. The maximum absolute atomic E-state index is 5.66. The molecule has 0 aliphatic carbocycles. The summed E-state index contributed by atoms with van der Waals surface area (Å²) in [6, 6.07) is 10.3. The van der Waals surface area contributed by atoms with Gasteiger partial charge in [-0.25, -0.2) is 0 Å². The summed E-state index contributed by atoms with van der Waals surface area (Å²) in [5.41, 5.74) is 0. The zero-order chi connectivity index (χ0) is 8.97. The summed E-state index contributed by atoms with van der Waals surface area (Å²) >= 11 is -0.0635. The molecule has 0 heterocycles. The monoisotopic (exact) mass is 183 g/mol. The molecule has 66 valence electrons. The minimum atomic E-state index is -0.0635. The van der Waals surface area contributed by atoms with Gasteiger partial charge in [0.2, 0.25) is 0 Å². The number of hydrogen-bond donors (Lipinski definition) is 0. The van der Waals surface area contributed by atoms with E-state index >= 15 is 0 Å². The van der Waals surface area contributed by atoms with Gasteiger partial charge in [0.15, 0.2) is 16.1 Å². The molecule has 1 atom stereocenters. The molecule has 0 bridgehead atoms. The Morgan fingerprint density at radius 1 is 1.17 bits per heavy atom. The molecule has 1 unspecified atom stereocenters. The molecule has 0 aromatic heterocycles. The maximum Gasteiger partial charge on any atom is 0.189 e. The molecule has 0 N–H and O–H groups in total. The summed E-state index contributed by atoms with van der Waals surface area (Å²) in [4.78, 5) is 1.27. The van der Waals surface area contributed by atoms with Crippen LogP contribution in [0.25, 0.3) is 0 Å². The predicted octanol–water partition coefficient (Wildman–Crippen LogP) is 2.63. The van der Waals surface area contributed by atoms with Gasteiger partial charge in [0.1, 0.15) is 12.4 Å². The van der Waals surface area contributed by atoms with Crippen molar-refractivity contribution in [1.29, 1.82) is 0 Å². The van der Waals surface area contributed by atoms with Crippen LogP contribution < -0.4 is 0 Å². The summed E-state index contributed by atoms with van der Waals surface area (Å²) < 4.78 is 5.66. The summed E-state index contributed by atoms with van der Waals surface area (Å²) in [5.74, 6) is 0. The van der Waals surface area contributed by atoms with E-state index in [4.69, 9.17) is 4.18 Å². The Labute approximate surface area is 77.3 Å². The Balaban J connectivity index is 2.59. The maximum atomic E-state index is 5.66. The molecule has 0 saturated heterocycles. The SMILES string of the molecule is CC(C)O[S+](C)c1ccccc1. The number of hydrogen-bond acceptors (Lipinski definition) is 1. The molecule has 1 aromatic carbocycles. The van der Waals surface area contributed by atoms with Crippen molar-refractivity contribution in [3.63, 3.8) is 0 Å². The fraction of sp³-hybridized carbons (Fsp3) is 0.400. The van der Waals surface area contributed by atoms with Crippen LogP contribution in [0, 0.1) is 0 Å². The molecule has 0 radical (unpaired) electrons. The standard InChI is InChI=1S/C10H15OS/c1-9(2)11-12(3)10-7-5-4-6-8-10/h4-9H,1-3H3/q+1. The smallest absolute Gasteiger partial charge is 0.165 e. The van der Waals surface area contributed by atoms with Gasteiger partial charge in [-0.2, -0.15) is 4.18 Å². The molecule has 1 nitrogen and oxygen atoms in total. The lowest BCUT2D eigenvalue weighted by Crippen LogP contribution is -2.11. The molecule has 2 heteroatoms. The molecule has 0 aliphatic rings. The first-order valence-electron chi connectivity index (χ1n) is 4.08. The normalized spacial score (nSPS) is 13.3. The van der Waals surface area contributed by atoms with Crippen molar-refractivity contribution in [2.45, 2.75) is 24.8 Å². The van der Waals surface area contributed by atoms with Crippen LogP contribution in [0.15, 0.2) is 35.2 Å². The van der Waals surface area contributed by atoms with E-state index in [0.29, 0.717) is 6.10 Å². The van der Waals surface area contributed by atoms with E-state index < -0.39 is 0 Å². The molecule has 0 amide bonds. The average molecular weight is 183 g/mol. The van der Waals surface area contributed by atoms with Crippen LogP contribution in [0.3, 0.4) is 0 Å². The van der Waals surface area contributed by atoms with Crippen LogP contribution in [0.1, 0.15) is 13.8 Å². The largest absolute Gasteiger partial charge is 0.189 e. The van der Waals surface area contributed by atoms with Gasteiger partial charge in [0, 0.05) is 0 Å². The van der Waals surface area contributed by atoms with Gasteiger partial charge >= 0.3 is 0 Å². The third kappa shape index (κ3) is 2.88. The molecular weight excluding hydrogens is 168 g/mol. The molecule has 12 heavy (non-hydrogen) atoms. The second-order valence-corrected chi connectivity index (χ2v) is 4.48. The molecule has 0 saturated carbocycles. The first-order chi connectivity index (χ1) is 5.70. The van der Waals surface area contributed by atoms with Crippen LogP contribution >= 0.6 is 0 Å². The first-order valence-corrected chi connectivity index (χ1v) is 5.64. The van der Waals surface area contributed by atoms with E-state index in [-0.39, 0.29) is 11.2 Å². The van der Waals surface area contributed by atoms with Gasteiger partial charge in [-0.1, -0.05) is 18.2 Å². The van der Waals surface area contributed by atoms with Gasteiger partial charge in [-0.15, -0.1) is 0 Å². The number of benzene rings is 1. The topological polar surface area (TPSA) is 9.23 Å². The fourth-order valence-electron chi connectivity index (χ4n) is 0.956. The van der Waals surface area contributed by atoms with Crippen LogP contribution in [0.4, 0.5) is 0 Å². The van der Waals surface area contributed by atoms with E-state index in [2.05, 4.69) is 32.2 Å². The van der Waals surface area contributed by atoms with E-state index in [0.717, 1.165) is 0 Å². The lowest BCUT2D eigenvalue weighted by molar-refractivity contribution is 0.280. The van der Waals surface area contributed by atoms with Crippen molar-refractivity contribution in [2.75, 3.05) is 6.26 Å². The Hall–Kier alpha value is -0.470. The number of rotatable bonds is 3. The first kappa shape index (κ1) is 9.62. The van der Waals surface area contributed by atoms with Crippen molar-refractivity contribution in [3.05, 3.63) is 30.3 Å². The zero-order valence-electron chi connectivity index (χ0n) is 7.78. The highest BCUT2D eigenvalue weighted by Gasteiger charge is 2.18. The third-order valence-electron chi connectivity index (χ3n) is 1.41. The zero-order valence-corrected chi connectivity index (χ0v) is 8.60. The van der Waals surface area contributed by atoms with Gasteiger partial charge in [0.25, 0.3) is 0 Å². The molecule has 0 spiro atoms. The summed E-state index contributed by atoms with van der Waals surface area (Å²) in [7, 11) is 0. The Morgan fingerprint density at radius 3 is 2.25 bits per heavy atom. The Bertz CT molecular complexity index is 221. The second-order valence-electron chi connectivity index (χ2n) is 2.91. The van der Waals surface area contributed by atoms with Crippen LogP contribution in [-0.2, 0) is 15.4 Å². The van der Waals surface area contributed by atoms with Crippen LogP contribution in [-0.4, -0.2) is 12.4 Å². The average Bonchev–Trinajstić information content (AvgIpc) is 2.05. The van der Waals surface area contributed by atoms with Crippen LogP contribution in [0.5, 0.6) is 0 Å². The highest BCUT2D eigenvalue weighted by molar-refractivity contribution is 7.91. The van der Waals surface area contributed by atoms with Gasteiger partial charge in [-0.3, -0.25) is 0 Å². The van der Waals surface area contributed by atoms with E-state index in [9.17, 15) is 0 Å². The summed E-state index contributed by atoms with van der Waals surface area (Å²) in [5, 5.41) is 0. The minimum absolute atomic E-state index is 0.0635. The molecule has 1 aromatic rings. The second kappa shape index (κ2) is 4.53. The van der Waals surface area contributed by atoms with Gasteiger partial charge in [-0.05, 0) is 26.0 Å². The van der Waals surface area contributed by atoms with E-state index in [1.54, 1.807) is 0 Å². The highest BCUT2D eigenvalue weighted by atomic mass is 32.2. The summed E-state index contributed by atoms with van der Waals surface area (Å²) in [6.45, 7) is 4.12. The predicted molar refractivity (Wildman–Crippen MR) is 54.2 cm³/mol. The Morgan fingerprint density at radius 2 is 1.75 bits per heavy atom. The van der Waals surface area contributed by atoms with E-state index in [1.807, 2.05) is 18.2 Å². The highest BCUT2D eigenvalue weighted by Crippen LogP contribution is 2.13. The van der Waals surface area contributed by atoms with Crippen molar-refractivity contribution in [2.24, 2.45) is 0 Å². The molecule has 0 fully saturated rings. The lowest BCUT2D eigenvalue weighted by atomic mass is 10.4. The van der Waals surface area contributed by atoms with Crippen molar-refractivity contribution in [3.8, 4) is 0 Å². The van der Waals surface area contributed by atoms with Crippen molar-refractivity contribution >= 4 is 11.2 Å². The van der Waals surface area contributed by atoms with Crippen molar-refractivity contribution < 1.29 is 4.18 Å². The van der Waals surface area contributed by atoms with E-state index in [1.165, 1.54) is 4.90 Å². The molecule has 0 aliphatic heterocycles. The minimum Gasteiger partial charge on any atom is -0.165 e. The lowest BCUT2D eigenvalue weighted by Gasteiger charge is -2.03.